The van der Waals surface area contributed by atoms with E-state index in [0.29, 0.717) is 70.7 Å². The van der Waals surface area contributed by atoms with Crippen molar-refractivity contribution >= 4 is 29.7 Å². The van der Waals surface area contributed by atoms with E-state index < -0.39 is 56.7 Å². The average molecular weight is 1780 g/mol. The van der Waals surface area contributed by atoms with Gasteiger partial charge in [0.25, 0.3) is 0 Å². The fourth-order valence-corrected chi connectivity index (χ4v) is 31.7. The number of ketones is 1. The molecule has 0 amide bonds. The second kappa shape index (κ2) is 35.3. The summed E-state index contributed by atoms with van der Waals surface area (Å²) in [5.74, 6) is 1.97. The van der Waals surface area contributed by atoms with Crippen LogP contribution in [-0.2, 0) is 68.9 Å². The number of rotatable bonds is 10. The number of carboxylic acids is 4. The number of carbonyl (C=O) groups excluding carboxylic acids is 1. The minimum atomic E-state index is -1.00. The Morgan fingerprint density at radius 2 is 0.953 bits per heavy atom. The van der Waals surface area contributed by atoms with E-state index in [0.717, 1.165) is 145 Å². The first-order valence-corrected chi connectivity index (χ1v) is 50.8. The van der Waals surface area contributed by atoms with E-state index in [1.807, 2.05) is 58.9 Å². The van der Waals surface area contributed by atoms with Gasteiger partial charge in [0.05, 0.1) is 55.8 Å². The van der Waals surface area contributed by atoms with E-state index in [1.54, 1.807) is 32.4 Å². The van der Waals surface area contributed by atoms with Crippen LogP contribution in [0, 0.1) is 102 Å². The van der Waals surface area contributed by atoms with E-state index in [1.165, 1.54) is 110 Å². The summed E-state index contributed by atoms with van der Waals surface area (Å²) in [7, 11) is 0. The summed E-state index contributed by atoms with van der Waals surface area (Å²) in [4.78, 5) is 60.6. The number of ether oxygens (including phenoxy) is 2. The molecular formula is C115H170O14. The smallest absolute Gasteiger partial charge is 0.309 e. The number of epoxide rings is 1. The van der Waals surface area contributed by atoms with Gasteiger partial charge in [-0.1, -0.05) is 193 Å². The Balaban J connectivity index is 0.000000133. The maximum absolute atomic E-state index is 12.8. The lowest BCUT2D eigenvalue weighted by Crippen LogP contribution is -2.63. The third kappa shape index (κ3) is 17.9. The molecule has 2 heterocycles. The van der Waals surface area contributed by atoms with Crippen LogP contribution >= 0.6 is 0 Å². The summed E-state index contributed by atoms with van der Waals surface area (Å²) in [6.07, 6.45) is 41.5. The third-order valence-electron chi connectivity index (χ3n) is 40.1. The Morgan fingerprint density at radius 1 is 0.481 bits per heavy atom. The van der Waals surface area contributed by atoms with Crippen molar-refractivity contribution in [2.45, 2.75) is 420 Å². The molecule has 0 radical (unpaired) electrons. The van der Waals surface area contributed by atoms with Gasteiger partial charge >= 0.3 is 23.9 Å². The normalized spacial score (nSPS) is 41.7. The topological polar surface area (TPSA) is 249 Å². The zero-order chi connectivity index (χ0) is 95.0. The Hall–Kier alpha value is -6.03. The van der Waals surface area contributed by atoms with Gasteiger partial charge in [0.2, 0.25) is 0 Å². The van der Waals surface area contributed by atoms with Crippen LogP contribution in [0.1, 0.15) is 412 Å². The van der Waals surface area contributed by atoms with Crippen molar-refractivity contribution < 1.29 is 69.2 Å². The average Bonchev–Trinajstić information content (AvgIpc) is 1.37. The molecule has 18 rings (SSSR count). The Labute approximate surface area is 777 Å². The zero-order valence-corrected chi connectivity index (χ0v) is 83.9. The maximum atomic E-state index is 12.8. The molecule has 15 aliphatic rings. The molecule has 0 bridgehead atoms. The van der Waals surface area contributed by atoms with Gasteiger partial charge < -0.3 is 45.2 Å². The van der Waals surface area contributed by atoms with E-state index in [-0.39, 0.29) is 79.3 Å². The van der Waals surface area contributed by atoms with Crippen LogP contribution in [0.15, 0.2) is 104 Å². The first kappa shape index (κ1) is 100. The molecule has 24 atom stereocenters. The molecule has 7 unspecified atom stereocenters. The lowest BCUT2D eigenvalue weighted by Gasteiger charge is -2.65. The van der Waals surface area contributed by atoms with Crippen molar-refractivity contribution in [3.63, 3.8) is 0 Å². The highest BCUT2D eigenvalue weighted by atomic mass is 16.6. The molecule has 0 spiro atoms. The maximum Gasteiger partial charge on any atom is 0.309 e. The van der Waals surface area contributed by atoms with Crippen LogP contribution < -0.4 is 0 Å². The molecule has 13 aliphatic carbocycles. The number of hydrogen-bond donors (Lipinski definition) is 7. The number of aliphatic hydroxyl groups is 3. The molecular weight excluding hydrogens is 1610 g/mol. The molecule has 9 saturated carbocycles. The molecule has 11 fully saturated rings. The number of aliphatic carboxylic acids is 4. The fraction of sp³-hybridized carbons (Fsp3) is 0.730. The van der Waals surface area contributed by atoms with Crippen LogP contribution in [0.25, 0.3) is 0 Å². The number of carboxylic acid groups (broad SMARTS) is 4. The number of Topliss-reactive ketones (excluding diaryl/α,β-unsaturated/α-hetero) is 1. The van der Waals surface area contributed by atoms with E-state index in [9.17, 15) is 59.7 Å². The standard InChI is InChI=1S/C20H26O4.C20H28O3.C20H28O2.C20H34O2.C20H30O2.C15H24O/c1-18(2,24)12-6-7-14-13(10-12)15(21)11-16-19(14,3)8-5-9-20(16,4)17(22)23;1-18(2,23)14-7-8-15-13(12-14)6-9-16-19(15,3)10-5-11-20(16,4)17(21)22;1-13(2)14-6-8-16-15(12-14)7-9-17-19(16,3)10-5-11-20(17,4)18(21)22;1-6-18(3)12-8-16-19(4)11-7-10-17(2,14-21)15(19)9-13-20(16,5)22-18;1-5-18(2)12-9-15-14(13-18)7-8-16-19(15,3)10-6-11-20(16,4)17(21)22;1-10-5-6-13-15(4,16-13)8-7-12-11(10)9-14(12,2)3/h6-7,10,16,24H,5,8-9,11H2,1-4H3,(H,22,23);7-8,12,16,23H,5-6,9-11H2,1-4H3,(H,21,22);6,8,12-13,17H,5,7,9-11H2,1-4H3,(H,21,22);6,15-16,21H,1,7-14H2,2-5H3;5,13,15-16H,1,6-12H2,2-4H3,(H,21,22);11-13H,1,5-9H2,2-4H3/t2*16?,19-,20-;17?,19-,20-;15?,16?,17-,18+,19-,20+;15?,16?,18-,19+,20+;11-,12-,13-,15-/m111001/s1. The summed E-state index contributed by atoms with van der Waals surface area (Å²) in [5, 5.41) is 69.8. The summed E-state index contributed by atoms with van der Waals surface area (Å²) < 4.78 is 12.5. The number of allylic oxidation sites excluding steroid dienone is 4. The number of fused-ring (bicyclic) bond motifs is 17. The third-order valence-corrected chi connectivity index (χ3v) is 40.1. The molecule has 3 aromatic carbocycles. The zero-order valence-electron chi connectivity index (χ0n) is 83.9. The van der Waals surface area contributed by atoms with E-state index in [4.69, 9.17) is 9.47 Å². The molecule has 129 heavy (non-hydrogen) atoms. The highest BCUT2D eigenvalue weighted by Crippen LogP contribution is 2.69. The summed E-state index contributed by atoms with van der Waals surface area (Å²) in [5.41, 5.74) is 9.71. The number of carbonyl (C=O) groups is 5. The van der Waals surface area contributed by atoms with Gasteiger partial charge in [0, 0.05) is 24.0 Å². The van der Waals surface area contributed by atoms with Gasteiger partial charge in [-0.25, -0.2) is 0 Å². The van der Waals surface area contributed by atoms with Crippen LogP contribution in [0.3, 0.4) is 0 Å². The van der Waals surface area contributed by atoms with Crippen molar-refractivity contribution in [1.82, 2.24) is 0 Å². The molecule has 7 N–H and O–H groups in total. The lowest BCUT2D eigenvalue weighted by molar-refractivity contribution is -0.256. The van der Waals surface area contributed by atoms with Crippen LogP contribution in [0.5, 0.6) is 0 Å². The van der Waals surface area contributed by atoms with Crippen molar-refractivity contribution in [3.05, 3.63) is 154 Å². The Morgan fingerprint density at radius 3 is 1.47 bits per heavy atom. The van der Waals surface area contributed by atoms with Crippen LogP contribution in [-0.4, -0.2) is 94.9 Å². The number of benzene rings is 3. The van der Waals surface area contributed by atoms with Crippen molar-refractivity contribution in [1.29, 1.82) is 0 Å². The SMILES string of the molecule is C=C1CC[C@H]2O[C@]2(C)CC[C@@H]2[C@@H]1CC2(C)C.C=C[C@]1(C)C=C2CCC3[C@](C)(CCC[C@@]3(C)C(=O)O)C2CC1.C=C[C@]1(C)CCC2[C@@]3(C)CCC[C@@](C)(CO)C3CC[C@@]2(C)O1.CC(C)(O)c1ccc2c(c1)C(=O)CC1[C@](C)(C(=O)O)CCC[C@]21C.CC(C)(O)c1ccc2c(c1)CCC1[C@](C)(C(=O)O)CCC[C@]21C.CC(C)c1ccc2c(c1)CCC1[C@](C)(C(=O)O)CCC[C@]21C. The molecule has 3 aromatic rings. The predicted molar refractivity (Wildman–Crippen MR) is 517 cm³/mol. The molecule has 2 aliphatic heterocycles. The molecule has 0 aromatic heterocycles. The predicted octanol–water partition coefficient (Wildman–Crippen LogP) is 26.4. The number of hydrogen-bond acceptors (Lipinski definition) is 10. The monoisotopic (exact) mass is 1780 g/mol. The van der Waals surface area contributed by atoms with Gasteiger partial charge in [0.15, 0.2) is 5.78 Å². The quantitative estimate of drug-likeness (QED) is 0.0737. The lowest BCUT2D eigenvalue weighted by atomic mass is 9.44. The second-order valence-electron chi connectivity index (χ2n) is 50.2. The van der Waals surface area contributed by atoms with Crippen molar-refractivity contribution in [3.8, 4) is 0 Å². The second-order valence-corrected chi connectivity index (χ2v) is 50.2. The van der Waals surface area contributed by atoms with E-state index >= 15 is 0 Å². The summed E-state index contributed by atoms with van der Waals surface area (Å²) in [6, 6.07) is 18.8. The first-order chi connectivity index (χ1) is 59.8. The van der Waals surface area contributed by atoms with Gasteiger partial charge in [-0.05, 0) is 397 Å². The molecule has 714 valence electrons. The van der Waals surface area contributed by atoms with Gasteiger partial charge in [-0.15, -0.1) is 13.2 Å². The van der Waals surface area contributed by atoms with Gasteiger partial charge in [-0.3, -0.25) is 24.0 Å². The molecule has 2 saturated heterocycles. The highest BCUT2D eigenvalue weighted by molar-refractivity contribution is 6.00. The highest BCUT2D eigenvalue weighted by Gasteiger charge is 2.65. The molecule has 14 heteroatoms. The number of aliphatic hydroxyl groups excluding tert-OH is 1. The van der Waals surface area contributed by atoms with Gasteiger partial charge in [0.1, 0.15) is 0 Å². The minimum Gasteiger partial charge on any atom is -0.481 e. The van der Waals surface area contributed by atoms with Crippen LogP contribution in [0.2, 0.25) is 0 Å². The Kier molecular flexibility index (Phi) is 27.5. The van der Waals surface area contributed by atoms with Gasteiger partial charge in [-0.2, -0.15) is 0 Å². The van der Waals surface area contributed by atoms with Crippen LogP contribution in [0.4, 0.5) is 0 Å². The number of aryl methyl sites for hydroxylation is 2. The fourth-order valence-electron chi connectivity index (χ4n) is 31.7. The largest absolute Gasteiger partial charge is 0.481 e. The first-order valence-electron chi connectivity index (χ1n) is 50.8. The van der Waals surface area contributed by atoms with E-state index in [2.05, 4.69) is 159 Å². The minimum absolute atomic E-state index is 0.00653. The Bertz CT molecular complexity index is 4800. The summed E-state index contributed by atoms with van der Waals surface area (Å²) in [6.45, 7) is 59.7. The summed E-state index contributed by atoms with van der Waals surface area (Å²) >= 11 is 0. The van der Waals surface area contributed by atoms with Crippen molar-refractivity contribution in [2.75, 3.05) is 6.61 Å². The molecule has 14 nitrogen and oxygen atoms in total. The van der Waals surface area contributed by atoms with Crippen molar-refractivity contribution in [2.24, 2.45) is 102 Å².